The molecule has 0 aromatic heterocycles. The Hall–Kier alpha value is -0.750. The van der Waals surface area contributed by atoms with Crippen molar-refractivity contribution in [1.29, 1.82) is 0 Å². The average Bonchev–Trinajstić information content (AvgIpc) is 2.27. The van der Waals surface area contributed by atoms with Crippen molar-refractivity contribution in [3.8, 4) is 0 Å². The Balaban J connectivity index is 0.000000494. The second-order valence-electron chi connectivity index (χ2n) is 4.47. The molecule has 1 aromatic carbocycles. The van der Waals surface area contributed by atoms with Gasteiger partial charge in [0.1, 0.15) is 0 Å². The molecule has 0 amide bonds. The molecule has 0 fully saturated rings. The Kier molecular flexibility index (Phi) is 6.70. The van der Waals surface area contributed by atoms with Crippen LogP contribution in [0.5, 0.6) is 0 Å². The first-order valence-corrected chi connectivity index (χ1v) is 6.76. The summed E-state index contributed by atoms with van der Waals surface area (Å²) in [7, 11) is -4.64. The first kappa shape index (κ1) is 17.2. The van der Waals surface area contributed by atoms with Gasteiger partial charge in [0.25, 0.3) is 0 Å². The van der Waals surface area contributed by atoms with Gasteiger partial charge in [-0.05, 0) is 5.56 Å². The van der Waals surface area contributed by atoms with Crippen molar-refractivity contribution in [3.05, 3.63) is 35.9 Å². The van der Waals surface area contributed by atoms with Gasteiger partial charge in [-0.2, -0.15) is 0 Å². The smallest absolute Gasteiger partial charge is 0.396 e. The molecule has 1 aromatic rings. The maximum Gasteiger partial charge on any atom is 0.466 e. The van der Waals surface area contributed by atoms with E-state index in [1.165, 1.54) is 0 Å². The van der Waals surface area contributed by atoms with E-state index in [0.29, 0.717) is 0 Å². The van der Waals surface area contributed by atoms with Crippen LogP contribution < -0.4 is 0 Å². The molecule has 0 aliphatic rings. The molecule has 0 heterocycles. The molecule has 1 atom stereocenters. The van der Waals surface area contributed by atoms with Gasteiger partial charge in [-0.3, -0.25) is 0 Å². The summed E-state index contributed by atoms with van der Waals surface area (Å²) in [4.78, 5) is 21.6. The molecule has 0 radical (unpaired) electrons. The maximum absolute atomic E-state index is 9.89. The van der Waals surface area contributed by atoms with E-state index < -0.39 is 19.3 Å². The lowest BCUT2D eigenvalue weighted by Crippen LogP contribution is -2.25. The Morgan fingerprint density at radius 3 is 1.89 bits per heavy atom. The summed E-state index contributed by atoms with van der Waals surface area (Å²) < 4.78 is 8.88. The molecule has 0 bridgehead atoms. The molecule has 0 aliphatic carbocycles. The summed E-state index contributed by atoms with van der Waals surface area (Å²) in [5, 5.41) is 19.0. The van der Waals surface area contributed by atoms with Crippen molar-refractivity contribution in [1.82, 2.24) is 0 Å². The standard InChI is InChI=1S/C11H16O2.H3O4P/c1-11(2,8-12)10(13)9-6-4-3-5-7-9;1-5(2,3)4/h3-7,10,12-13H,8H2,1-2H3;(H3,1,2,3,4). The fraction of sp³-hybridized carbons (Fsp3) is 0.455. The molecule has 0 saturated carbocycles. The van der Waals surface area contributed by atoms with Crippen LogP contribution in [0.4, 0.5) is 0 Å². The van der Waals surface area contributed by atoms with Gasteiger partial charge in [-0.15, -0.1) is 0 Å². The summed E-state index contributed by atoms with van der Waals surface area (Å²) in [6.45, 7) is 3.65. The lowest BCUT2D eigenvalue weighted by Gasteiger charge is -2.28. The summed E-state index contributed by atoms with van der Waals surface area (Å²) in [5.74, 6) is 0. The molecule has 0 saturated heterocycles. The number of hydrogen-bond donors (Lipinski definition) is 5. The van der Waals surface area contributed by atoms with Gasteiger partial charge in [-0.1, -0.05) is 44.2 Å². The molecule has 104 valence electrons. The highest BCUT2D eigenvalue weighted by atomic mass is 31.2. The first-order chi connectivity index (χ1) is 8.08. The van der Waals surface area contributed by atoms with Crippen LogP contribution in [0.3, 0.4) is 0 Å². The number of aliphatic hydroxyl groups is 2. The van der Waals surface area contributed by atoms with E-state index in [0.717, 1.165) is 5.56 Å². The van der Waals surface area contributed by atoms with E-state index in [1.54, 1.807) is 0 Å². The third-order valence-corrected chi connectivity index (χ3v) is 2.26. The second kappa shape index (κ2) is 6.99. The van der Waals surface area contributed by atoms with Gasteiger partial charge in [0.15, 0.2) is 0 Å². The summed E-state index contributed by atoms with van der Waals surface area (Å²) in [5.41, 5.74) is 0.364. The molecule has 1 rings (SSSR count). The fourth-order valence-electron chi connectivity index (χ4n) is 1.17. The van der Waals surface area contributed by atoms with Gasteiger partial charge in [-0.25, -0.2) is 4.57 Å². The Labute approximate surface area is 106 Å². The largest absolute Gasteiger partial charge is 0.466 e. The van der Waals surface area contributed by atoms with Crippen molar-refractivity contribution < 1.29 is 29.5 Å². The van der Waals surface area contributed by atoms with Crippen LogP contribution in [0, 0.1) is 5.41 Å². The van der Waals surface area contributed by atoms with Gasteiger partial charge in [0.05, 0.1) is 12.7 Å². The van der Waals surface area contributed by atoms with Crippen LogP contribution in [0.15, 0.2) is 30.3 Å². The number of hydrogen-bond acceptors (Lipinski definition) is 3. The highest BCUT2D eigenvalue weighted by molar-refractivity contribution is 7.45. The van der Waals surface area contributed by atoms with Crippen LogP contribution in [-0.4, -0.2) is 31.5 Å². The first-order valence-electron chi connectivity index (χ1n) is 5.20. The van der Waals surface area contributed by atoms with Crippen LogP contribution in [0.25, 0.3) is 0 Å². The van der Waals surface area contributed by atoms with Crippen molar-refractivity contribution in [2.45, 2.75) is 20.0 Å². The fourth-order valence-corrected chi connectivity index (χ4v) is 1.17. The third kappa shape index (κ3) is 7.55. The normalized spacial score (nSPS) is 13.5. The van der Waals surface area contributed by atoms with Gasteiger partial charge < -0.3 is 24.9 Å². The Morgan fingerprint density at radius 2 is 1.56 bits per heavy atom. The molecule has 6 nitrogen and oxygen atoms in total. The summed E-state index contributed by atoms with van der Waals surface area (Å²) >= 11 is 0. The van der Waals surface area contributed by atoms with Crippen LogP contribution in [0.1, 0.15) is 25.5 Å². The molecule has 1 unspecified atom stereocenters. The number of phosphoric acid groups is 1. The zero-order valence-electron chi connectivity index (χ0n) is 10.3. The van der Waals surface area contributed by atoms with E-state index in [9.17, 15) is 5.11 Å². The van der Waals surface area contributed by atoms with Crippen molar-refractivity contribution in [2.75, 3.05) is 6.61 Å². The lowest BCUT2D eigenvalue weighted by atomic mass is 9.83. The highest BCUT2D eigenvalue weighted by Crippen LogP contribution is 2.32. The summed E-state index contributed by atoms with van der Waals surface area (Å²) in [6, 6.07) is 9.39. The number of benzene rings is 1. The topological polar surface area (TPSA) is 118 Å². The molecular weight excluding hydrogens is 259 g/mol. The minimum absolute atomic E-state index is 0.0247. The van der Waals surface area contributed by atoms with E-state index in [4.69, 9.17) is 24.4 Å². The predicted octanol–water partition coefficient (Wildman–Crippen LogP) is 0.810. The average molecular weight is 278 g/mol. The quantitative estimate of drug-likeness (QED) is 0.522. The Morgan fingerprint density at radius 1 is 1.17 bits per heavy atom. The molecule has 0 aliphatic heterocycles. The SMILES string of the molecule is CC(C)(CO)C(O)c1ccccc1.O=P(O)(O)O. The summed E-state index contributed by atoms with van der Waals surface area (Å²) in [6.07, 6.45) is -0.612. The van der Waals surface area contributed by atoms with E-state index in [2.05, 4.69) is 0 Å². The van der Waals surface area contributed by atoms with Crippen LogP contribution in [0.2, 0.25) is 0 Å². The van der Waals surface area contributed by atoms with Crippen molar-refractivity contribution in [3.63, 3.8) is 0 Å². The molecule has 0 spiro atoms. The molecule has 18 heavy (non-hydrogen) atoms. The van der Waals surface area contributed by atoms with Crippen molar-refractivity contribution in [2.24, 2.45) is 5.41 Å². The van der Waals surface area contributed by atoms with E-state index in [-0.39, 0.29) is 6.61 Å². The van der Waals surface area contributed by atoms with Gasteiger partial charge in [0, 0.05) is 5.41 Å². The van der Waals surface area contributed by atoms with E-state index in [1.807, 2.05) is 44.2 Å². The second-order valence-corrected chi connectivity index (χ2v) is 5.50. The maximum atomic E-state index is 9.89. The minimum Gasteiger partial charge on any atom is -0.396 e. The zero-order valence-corrected chi connectivity index (χ0v) is 11.2. The lowest BCUT2D eigenvalue weighted by molar-refractivity contribution is 0.00638. The van der Waals surface area contributed by atoms with Gasteiger partial charge in [0.2, 0.25) is 0 Å². The predicted molar refractivity (Wildman–Crippen MR) is 66.5 cm³/mol. The van der Waals surface area contributed by atoms with Crippen molar-refractivity contribution >= 4 is 7.82 Å². The monoisotopic (exact) mass is 278 g/mol. The van der Waals surface area contributed by atoms with Crippen LogP contribution >= 0.6 is 7.82 Å². The highest BCUT2D eigenvalue weighted by Gasteiger charge is 2.27. The van der Waals surface area contributed by atoms with Gasteiger partial charge >= 0.3 is 7.82 Å². The van der Waals surface area contributed by atoms with E-state index >= 15 is 0 Å². The van der Waals surface area contributed by atoms with Crippen LogP contribution in [-0.2, 0) is 4.57 Å². The molecular formula is C11H19O6P. The number of rotatable bonds is 3. The zero-order chi connectivity index (χ0) is 14.4. The molecule has 5 N–H and O–H groups in total. The minimum atomic E-state index is -4.64. The number of aliphatic hydroxyl groups excluding tert-OH is 2. The third-order valence-electron chi connectivity index (χ3n) is 2.26. The Bertz CT molecular complexity index is 378. The molecule has 7 heteroatoms.